The third-order valence-corrected chi connectivity index (χ3v) is 4.10. The molecule has 0 aliphatic carbocycles. The molecule has 0 saturated heterocycles. The van der Waals surface area contributed by atoms with Crippen LogP contribution in [0.4, 0.5) is 0 Å². The summed E-state index contributed by atoms with van der Waals surface area (Å²) in [5.74, 6) is -0.965. The van der Waals surface area contributed by atoms with E-state index in [-0.39, 0.29) is 5.57 Å². The number of hydrogen-bond acceptors (Lipinski definition) is 4. The van der Waals surface area contributed by atoms with Crippen molar-refractivity contribution < 1.29 is 14.3 Å². The number of nitrogens with zero attached hydrogens (tertiary/aromatic N) is 1. The van der Waals surface area contributed by atoms with Gasteiger partial charge < -0.3 is 15.0 Å². The minimum atomic E-state index is -0.484. The van der Waals surface area contributed by atoms with E-state index in [1.807, 2.05) is 36.4 Å². The van der Waals surface area contributed by atoms with Crippen molar-refractivity contribution in [2.45, 2.75) is 6.54 Å². The average Bonchev–Trinajstić information content (AvgIpc) is 3.13. The van der Waals surface area contributed by atoms with E-state index in [1.165, 1.54) is 13.2 Å². The molecule has 0 bridgehead atoms. The molecule has 0 spiro atoms. The number of methoxy groups -OCH3 is 1. The molecule has 3 rings (SSSR count). The van der Waals surface area contributed by atoms with Crippen molar-refractivity contribution in [2.24, 2.45) is 0 Å². The van der Waals surface area contributed by atoms with Gasteiger partial charge >= 0.3 is 5.97 Å². The fraction of sp³-hybridized carbons (Fsp3) is 0.0952. The number of nitriles is 1. The number of H-pyrrole nitrogens is 1. The van der Waals surface area contributed by atoms with Gasteiger partial charge in [-0.1, -0.05) is 36.4 Å². The first-order chi connectivity index (χ1) is 13.1. The van der Waals surface area contributed by atoms with Crippen molar-refractivity contribution in [3.63, 3.8) is 0 Å². The zero-order valence-electron chi connectivity index (χ0n) is 14.7. The molecule has 27 heavy (non-hydrogen) atoms. The molecule has 0 fully saturated rings. The molecule has 2 aromatic carbocycles. The topological polar surface area (TPSA) is 95.0 Å². The molecule has 0 radical (unpaired) electrons. The third-order valence-electron chi connectivity index (χ3n) is 4.10. The number of nitrogens with one attached hydrogen (secondary N) is 2. The van der Waals surface area contributed by atoms with Gasteiger partial charge in [0.25, 0.3) is 5.91 Å². The van der Waals surface area contributed by atoms with Crippen LogP contribution >= 0.6 is 0 Å². The van der Waals surface area contributed by atoms with Crippen LogP contribution in [0.1, 0.15) is 21.5 Å². The van der Waals surface area contributed by atoms with Crippen molar-refractivity contribution in [1.82, 2.24) is 10.3 Å². The van der Waals surface area contributed by atoms with Gasteiger partial charge in [-0.15, -0.1) is 0 Å². The molecule has 1 amide bonds. The number of aromatic amines is 1. The van der Waals surface area contributed by atoms with Crippen molar-refractivity contribution in [1.29, 1.82) is 5.26 Å². The summed E-state index contributed by atoms with van der Waals surface area (Å²) in [6, 6.07) is 16.5. The van der Waals surface area contributed by atoms with Crippen LogP contribution in [0.3, 0.4) is 0 Å². The largest absolute Gasteiger partial charge is 0.465 e. The first kappa shape index (κ1) is 18.0. The van der Waals surface area contributed by atoms with Crippen LogP contribution in [-0.4, -0.2) is 24.0 Å². The van der Waals surface area contributed by atoms with E-state index in [1.54, 1.807) is 24.4 Å². The van der Waals surface area contributed by atoms with Crippen LogP contribution in [0.25, 0.3) is 17.0 Å². The maximum atomic E-state index is 12.4. The van der Waals surface area contributed by atoms with Crippen LogP contribution in [0.2, 0.25) is 0 Å². The van der Waals surface area contributed by atoms with E-state index < -0.39 is 11.9 Å². The number of amides is 1. The molecule has 6 heteroatoms. The number of rotatable bonds is 5. The number of hydrogen-bond donors (Lipinski definition) is 2. The Kier molecular flexibility index (Phi) is 5.33. The lowest BCUT2D eigenvalue weighted by Gasteiger charge is -2.05. The lowest BCUT2D eigenvalue weighted by atomic mass is 10.0. The Balaban J connectivity index is 1.90. The predicted octanol–water partition coefficient (Wildman–Crippen LogP) is 3.18. The SMILES string of the molecule is COC(=O)c1cccc2[nH]cc(C=C(C#N)C(=O)NCc3ccccc3)c12. The third kappa shape index (κ3) is 3.88. The zero-order chi connectivity index (χ0) is 19.2. The molecule has 0 aliphatic rings. The summed E-state index contributed by atoms with van der Waals surface area (Å²) in [6.45, 7) is 0.319. The van der Waals surface area contributed by atoms with Crippen molar-refractivity contribution >= 4 is 28.9 Å². The number of benzene rings is 2. The van der Waals surface area contributed by atoms with Gasteiger partial charge in [-0.25, -0.2) is 4.79 Å². The highest BCUT2D eigenvalue weighted by atomic mass is 16.5. The lowest BCUT2D eigenvalue weighted by molar-refractivity contribution is -0.117. The molecule has 0 atom stereocenters. The standard InChI is InChI=1S/C21H17N3O3/c1-27-21(26)17-8-5-9-18-19(17)16(13-23-18)10-15(11-22)20(25)24-12-14-6-3-2-4-7-14/h2-10,13,23H,12H2,1H3,(H,24,25). The lowest BCUT2D eigenvalue weighted by Crippen LogP contribution is -2.23. The van der Waals surface area contributed by atoms with Crippen LogP contribution in [0, 0.1) is 11.3 Å². The smallest absolute Gasteiger partial charge is 0.338 e. The van der Waals surface area contributed by atoms with E-state index in [4.69, 9.17) is 4.74 Å². The average molecular weight is 359 g/mol. The Labute approximate surface area is 156 Å². The Bertz CT molecular complexity index is 1060. The monoisotopic (exact) mass is 359 g/mol. The van der Waals surface area contributed by atoms with Gasteiger partial charge in [0, 0.05) is 29.2 Å². The molecular weight excluding hydrogens is 342 g/mol. The summed E-state index contributed by atoms with van der Waals surface area (Å²) in [6.07, 6.45) is 3.12. The van der Waals surface area contributed by atoms with E-state index in [9.17, 15) is 14.9 Å². The quantitative estimate of drug-likeness (QED) is 0.415. The maximum Gasteiger partial charge on any atom is 0.338 e. The Morgan fingerprint density at radius 2 is 1.96 bits per heavy atom. The highest BCUT2D eigenvalue weighted by Crippen LogP contribution is 2.25. The number of ether oxygens (including phenoxy) is 1. The molecule has 0 saturated carbocycles. The molecular formula is C21H17N3O3. The van der Waals surface area contributed by atoms with Gasteiger partial charge in [-0.2, -0.15) is 5.26 Å². The molecule has 0 aliphatic heterocycles. The van der Waals surface area contributed by atoms with Gasteiger partial charge in [-0.3, -0.25) is 4.79 Å². The second-order valence-electron chi connectivity index (χ2n) is 5.80. The molecule has 134 valence electrons. The minimum absolute atomic E-state index is 0.0495. The fourth-order valence-corrected chi connectivity index (χ4v) is 2.78. The van der Waals surface area contributed by atoms with E-state index >= 15 is 0 Å². The van der Waals surface area contributed by atoms with Crippen molar-refractivity contribution in [3.8, 4) is 6.07 Å². The van der Waals surface area contributed by atoms with Gasteiger partial charge in [0.15, 0.2) is 0 Å². The highest BCUT2D eigenvalue weighted by Gasteiger charge is 2.16. The number of esters is 1. The van der Waals surface area contributed by atoms with Crippen LogP contribution in [0.5, 0.6) is 0 Å². The molecule has 1 heterocycles. The maximum absolute atomic E-state index is 12.4. The number of fused-ring (bicyclic) bond motifs is 1. The summed E-state index contributed by atoms with van der Waals surface area (Å²) in [5.41, 5.74) is 2.53. The summed E-state index contributed by atoms with van der Waals surface area (Å²) < 4.78 is 4.82. The Morgan fingerprint density at radius 3 is 2.67 bits per heavy atom. The van der Waals surface area contributed by atoms with Crippen molar-refractivity contribution in [3.05, 3.63) is 77.0 Å². The van der Waals surface area contributed by atoms with Gasteiger partial charge in [0.1, 0.15) is 11.6 Å². The number of aromatic nitrogens is 1. The zero-order valence-corrected chi connectivity index (χ0v) is 14.7. The van der Waals surface area contributed by atoms with Crippen LogP contribution in [0.15, 0.2) is 60.3 Å². The highest BCUT2D eigenvalue weighted by molar-refractivity contribution is 6.09. The molecule has 2 N–H and O–H groups in total. The Morgan fingerprint density at radius 1 is 1.19 bits per heavy atom. The predicted molar refractivity (Wildman–Crippen MR) is 102 cm³/mol. The van der Waals surface area contributed by atoms with E-state index in [0.717, 1.165) is 5.56 Å². The summed E-state index contributed by atoms with van der Waals surface area (Å²) in [7, 11) is 1.31. The summed E-state index contributed by atoms with van der Waals surface area (Å²) in [5, 5.41) is 12.7. The van der Waals surface area contributed by atoms with Gasteiger partial charge in [-0.05, 0) is 23.8 Å². The van der Waals surface area contributed by atoms with E-state index in [0.29, 0.717) is 28.6 Å². The second-order valence-corrected chi connectivity index (χ2v) is 5.80. The Hall–Kier alpha value is -3.85. The second kappa shape index (κ2) is 8.02. The van der Waals surface area contributed by atoms with Gasteiger partial charge in [0.05, 0.1) is 12.7 Å². The first-order valence-corrected chi connectivity index (χ1v) is 8.26. The molecule has 0 unspecified atom stereocenters. The van der Waals surface area contributed by atoms with Crippen LogP contribution < -0.4 is 5.32 Å². The van der Waals surface area contributed by atoms with Gasteiger partial charge in [0.2, 0.25) is 0 Å². The normalized spacial score (nSPS) is 11.0. The summed E-state index contributed by atoms with van der Waals surface area (Å²) >= 11 is 0. The number of carbonyl (C=O) groups excluding carboxylic acids is 2. The van der Waals surface area contributed by atoms with Crippen molar-refractivity contribution in [2.75, 3.05) is 7.11 Å². The minimum Gasteiger partial charge on any atom is -0.465 e. The van der Waals surface area contributed by atoms with E-state index in [2.05, 4.69) is 10.3 Å². The van der Waals surface area contributed by atoms with Crippen LogP contribution in [-0.2, 0) is 16.1 Å². The molecule has 3 aromatic rings. The fourth-order valence-electron chi connectivity index (χ4n) is 2.78. The summed E-state index contributed by atoms with van der Waals surface area (Å²) in [4.78, 5) is 27.4. The molecule has 6 nitrogen and oxygen atoms in total. The first-order valence-electron chi connectivity index (χ1n) is 8.26. The number of carbonyl (C=O) groups is 2. The molecule has 1 aromatic heterocycles.